The average molecular weight is 313 g/mol. The van der Waals surface area contributed by atoms with Gasteiger partial charge in [0.1, 0.15) is 11.8 Å². The molecular weight excluding hydrogens is 296 g/mol. The highest BCUT2D eigenvalue weighted by molar-refractivity contribution is 6.31. The van der Waals surface area contributed by atoms with Crippen LogP contribution in [-0.4, -0.2) is 48.1 Å². The van der Waals surface area contributed by atoms with Gasteiger partial charge in [0.05, 0.1) is 13.5 Å². The SMILES string of the molecule is COc1cccc(Cl)c1CN1CCNC(=O)C1CC(=O)O. The van der Waals surface area contributed by atoms with E-state index in [0.717, 1.165) is 5.56 Å². The van der Waals surface area contributed by atoms with Crippen LogP contribution in [0.15, 0.2) is 18.2 Å². The van der Waals surface area contributed by atoms with Gasteiger partial charge in [0.25, 0.3) is 0 Å². The van der Waals surface area contributed by atoms with E-state index in [9.17, 15) is 9.59 Å². The van der Waals surface area contributed by atoms with Crippen molar-refractivity contribution in [1.29, 1.82) is 0 Å². The molecule has 0 saturated carbocycles. The van der Waals surface area contributed by atoms with Gasteiger partial charge >= 0.3 is 5.97 Å². The average Bonchev–Trinajstić information content (AvgIpc) is 2.44. The van der Waals surface area contributed by atoms with Gasteiger partial charge in [-0.2, -0.15) is 0 Å². The molecule has 1 unspecified atom stereocenters. The van der Waals surface area contributed by atoms with Crippen molar-refractivity contribution >= 4 is 23.5 Å². The van der Waals surface area contributed by atoms with E-state index in [4.69, 9.17) is 21.4 Å². The van der Waals surface area contributed by atoms with Crippen molar-refractivity contribution in [3.05, 3.63) is 28.8 Å². The number of benzene rings is 1. The molecule has 0 radical (unpaired) electrons. The Morgan fingerprint density at radius 1 is 1.57 bits per heavy atom. The molecule has 21 heavy (non-hydrogen) atoms. The summed E-state index contributed by atoms with van der Waals surface area (Å²) in [5, 5.41) is 12.2. The lowest BCUT2D eigenvalue weighted by Gasteiger charge is -2.34. The summed E-state index contributed by atoms with van der Waals surface area (Å²) < 4.78 is 5.28. The third-order valence-corrected chi connectivity index (χ3v) is 3.82. The summed E-state index contributed by atoms with van der Waals surface area (Å²) >= 11 is 6.19. The van der Waals surface area contributed by atoms with Gasteiger partial charge in [-0.05, 0) is 12.1 Å². The number of rotatable bonds is 5. The van der Waals surface area contributed by atoms with E-state index in [2.05, 4.69) is 5.32 Å². The summed E-state index contributed by atoms with van der Waals surface area (Å²) in [6.07, 6.45) is -0.237. The highest BCUT2D eigenvalue weighted by Gasteiger charge is 2.32. The first-order chi connectivity index (χ1) is 10.0. The Morgan fingerprint density at radius 2 is 2.33 bits per heavy atom. The van der Waals surface area contributed by atoms with Gasteiger partial charge in [-0.15, -0.1) is 0 Å². The first-order valence-electron chi connectivity index (χ1n) is 6.58. The molecule has 1 saturated heterocycles. The van der Waals surface area contributed by atoms with Crippen LogP contribution in [0.1, 0.15) is 12.0 Å². The van der Waals surface area contributed by atoms with E-state index in [1.54, 1.807) is 25.3 Å². The standard InChI is InChI=1S/C14H17ClN2O4/c1-21-12-4-2-3-10(15)9(12)8-17-6-5-16-14(20)11(17)7-13(18)19/h2-4,11H,5-8H2,1H3,(H,16,20)(H,18,19). The number of carbonyl (C=O) groups is 2. The van der Waals surface area contributed by atoms with Gasteiger partial charge < -0.3 is 15.2 Å². The van der Waals surface area contributed by atoms with E-state index in [1.807, 2.05) is 4.90 Å². The zero-order valence-electron chi connectivity index (χ0n) is 11.6. The second-order valence-electron chi connectivity index (χ2n) is 4.80. The molecule has 1 fully saturated rings. The Morgan fingerprint density at radius 3 is 3.00 bits per heavy atom. The molecule has 114 valence electrons. The summed E-state index contributed by atoms with van der Waals surface area (Å²) in [5.41, 5.74) is 0.756. The van der Waals surface area contributed by atoms with Crippen LogP contribution in [0.25, 0.3) is 0 Å². The van der Waals surface area contributed by atoms with Gasteiger partial charge in [0, 0.05) is 30.2 Å². The first kappa shape index (κ1) is 15.6. The van der Waals surface area contributed by atoms with Crippen LogP contribution in [0, 0.1) is 0 Å². The van der Waals surface area contributed by atoms with Crippen LogP contribution < -0.4 is 10.1 Å². The molecule has 2 rings (SSSR count). The van der Waals surface area contributed by atoms with Gasteiger partial charge in [0.2, 0.25) is 5.91 Å². The van der Waals surface area contributed by atoms with Crippen LogP contribution in [0.5, 0.6) is 5.75 Å². The van der Waals surface area contributed by atoms with E-state index < -0.39 is 12.0 Å². The minimum atomic E-state index is -1.01. The van der Waals surface area contributed by atoms with Crippen LogP contribution in [-0.2, 0) is 16.1 Å². The molecule has 0 aliphatic carbocycles. The zero-order valence-corrected chi connectivity index (χ0v) is 12.4. The molecule has 1 heterocycles. The maximum absolute atomic E-state index is 11.9. The maximum Gasteiger partial charge on any atom is 0.305 e. The number of amides is 1. The fraction of sp³-hybridized carbons (Fsp3) is 0.429. The number of carboxylic acids is 1. The Labute approximate surface area is 127 Å². The summed E-state index contributed by atoms with van der Waals surface area (Å²) in [7, 11) is 1.55. The quantitative estimate of drug-likeness (QED) is 0.852. The van der Waals surface area contributed by atoms with Crippen molar-refractivity contribution in [2.75, 3.05) is 20.2 Å². The van der Waals surface area contributed by atoms with Gasteiger partial charge in [-0.3, -0.25) is 14.5 Å². The number of carbonyl (C=O) groups excluding carboxylic acids is 1. The Hall–Kier alpha value is -1.79. The van der Waals surface area contributed by atoms with Crippen molar-refractivity contribution in [1.82, 2.24) is 10.2 Å². The normalized spacial score (nSPS) is 19.1. The molecule has 0 bridgehead atoms. The van der Waals surface area contributed by atoms with E-state index in [1.165, 1.54) is 0 Å². The molecule has 1 aromatic carbocycles. The number of carboxylic acid groups (broad SMARTS) is 1. The Balaban J connectivity index is 2.23. The smallest absolute Gasteiger partial charge is 0.305 e. The molecule has 1 aliphatic rings. The van der Waals surface area contributed by atoms with Gasteiger partial charge in [-0.1, -0.05) is 17.7 Å². The minimum absolute atomic E-state index is 0.237. The number of halogens is 1. The number of nitrogens with zero attached hydrogens (tertiary/aromatic N) is 1. The van der Waals surface area contributed by atoms with E-state index in [-0.39, 0.29) is 12.3 Å². The lowest BCUT2D eigenvalue weighted by atomic mass is 10.1. The van der Waals surface area contributed by atoms with Crippen molar-refractivity contribution in [2.24, 2.45) is 0 Å². The molecule has 2 N–H and O–H groups in total. The van der Waals surface area contributed by atoms with Crippen LogP contribution in [0.3, 0.4) is 0 Å². The second kappa shape index (κ2) is 6.78. The number of nitrogens with one attached hydrogen (secondary N) is 1. The number of hydrogen-bond donors (Lipinski definition) is 2. The Kier molecular flexibility index (Phi) is 5.03. The van der Waals surface area contributed by atoms with Crippen LogP contribution in [0.2, 0.25) is 5.02 Å². The molecular formula is C14H17ClN2O4. The minimum Gasteiger partial charge on any atom is -0.496 e. The predicted octanol–water partition coefficient (Wildman–Crippen LogP) is 1.12. The van der Waals surface area contributed by atoms with E-state index >= 15 is 0 Å². The fourth-order valence-corrected chi connectivity index (χ4v) is 2.65. The lowest BCUT2D eigenvalue weighted by molar-refractivity contribution is -0.143. The zero-order chi connectivity index (χ0) is 15.4. The summed E-state index contributed by atoms with van der Waals surface area (Å²) in [4.78, 5) is 24.6. The number of aliphatic carboxylic acids is 1. The fourth-order valence-electron chi connectivity index (χ4n) is 2.43. The lowest BCUT2D eigenvalue weighted by Crippen LogP contribution is -2.55. The number of hydrogen-bond acceptors (Lipinski definition) is 4. The van der Waals surface area contributed by atoms with Crippen molar-refractivity contribution in [2.45, 2.75) is 19.0 Å². The van der Waals surface area contributed by atoms with Crippen molar-refractivity contribution in [3.63, 3.8) is 0 Å². The van der Waals surface area contributed by atoms with Crippen molar-refractivity contribution in [3.8, 4) is 5.75 Å². The predicted molar refractivity (Wildman–Crippen MR) is 77.5 cm³/mol. The number of ether oxygens (including phenoxy) is 1. The molecule has 6 nitrogen and oxygen atoms in total. The third kappa shape index (κ3) is 3.65. The summed E-state index contributed by atoms with van der Waals surface area (Å²) in [6.45, 7) is 1.42. The molecule has 1 amide bonds. The van der Waals surface area contributed by atoms with Gasteiger partial charge in [-0.25, -0.2) is 0 Å². The monoisotopic (exact) mass is 312 g/mol. The molecule has 7 heteroatoms. The van der Waals surface area contributed by atoms with Crippen molar-refractivity contribution < 1.29 is 19.4 Å². The topological polar surface area (TPSA) is 78.9 Å². The first-order valence-corrected chi connectivity index (χ1v) is 6.95. The number of piperazine rings is 1. The van der Waals surface area contributed by atoms with E-state index in [0.29, 0.717) is 30.4 Å². The molecule has 0 aromatic heterocycles. The van der Waals surface area contributed by atoms with Crippen LogP contribution >= 0.6 is 11.6 Å². The maximum atomic E-state index is 11.9. The van der Waals surface area contributed by atoms with Crippen LogP contribution in [0.4, 0.5) is 0 Å². The molecule has 1 atom stereocenters. The van der Waals surface area contributed by atoms with Gasteiger partial charge in [0.15, 0.2) is 0 Å². The summed E-state index contributed by atoms with van der Waals surface area (Å²) in [6, 6.07) is 4.62. The second-order valence-corrected chi connectivity index (χ2v) is 5.20. The largest absolute Gasteiger partial charge is 0.496 e. The highest BCUT2D eigenvalue weighted by atomic mass is 35.5. The number of methoxy groups -OCH3 is 1. The summed E-state index contributed by atoms with van der Waals surface area (Å²) in [5.74, 6) is -0.648. The Bertz CT molecular complexity index is 550. The highest BCUT2D eigenvalue weighted by Crippen LogP contribution is 2.28. The third-order valence-electron chi connectivity index (χ3n) is 3.47. The molecule has 1 aliphatic heterocycles. The molecule has 1 aromatic rings. The molecule has 0 spiro atoms.